The fourth-order valence-electron chi connectivity index (χ4n) is 3.74. The summed E-state index contributed by atoms with van der Waals surface area (Å²) in [7, 11) is 0. The zero-order chi connectivity index (χ0) is 12.0. The van der Waals surface area contributed by atoms with Gasteiger partial charge in [-0.05, 0) is 43.9 Å². The molecular formula is C14H18N4. The summed E-state index contributed by atoms with van der Waals surface area (Å²) in [4.78, 5) is 8.80. The first-order valence-corrected chi connectivity index (χ1v) is 6.82. The van der Waals surface area contributed by atoms with Crippen LogP contribution in [0.5, 0.6) is 0 Å². The molecule has 1 aromatic heterocycles. The van der Waals surface area contributed by atoms with Gasteiger partial charge in [0.1, 0.15) is 5.84 Å². The quantitative estimate of drug-likeness (QED) is 0.770. The predicted octanol–water partition coefficient (Wildman–Crippen LogP) is 0.942. The van der Waals surface area contributed by atoms with Gasteiger partial charge in [0, 0.05) is 24.0 Å². The Morgan fingerprint density at radius 1 is 1.22 bits per heavy atom. The van der Waals surface area contributed by atoms with Crippen LogP contribution in [0.4, 0.5) is 0 Å². The molecule has 0 radical (unpaired) electrons. The zero-order valence-electron chi connectivity index (χ0n) is 10.4. The van der Waals surface area contributed by atoms with E-state index in [1.165, 1.54) is 25.8 Å². The number of amidine groups is 1. The Hall–Kier alpha value is -1.42. The lowest BCUT2D eigenvalue weighted by atomic mass is 9.69. The van der Waals surface area contributed by atoms with Crippen LogP contribution >= 0.6 is 0 Å². The van der Waals surface area contributed by atoms with Crippen molar-refractivity contribution in [1.29, 1.82) is 0 Å². The van der Waals surface area contributed by atoms with Crippen molar-refractivity contribution in [1.82, 2.24) is 15.6 Å². The fraction of sp³-hybridized carbons (Fsp3) is 0.571. The summed E-state index contributed by atoms with van der Waals surface area (Å²) in [6.45, 7) is 2.11. The summed E-state index contributed by atoms with van der Waals surface area (Å²) in [6.07, 6.45) is 7.59. The van der Waals surface area contributed by atoms with Crippen molar-refractivity contribution in [3.05, 3.63) is 30.1 Å². The molecule has 2 saturated heterocycles. The second-order valence-corrected chi connectivity index (χ2v) is 5.79. The molecule has 3 atom stereocenters. The van der Waals surface area contributed by atoms with Crippen LogP contribution in [0.1, 0.15) is 24.8 Å². The molecule has 0 amide bonds. The molecule has 1 aliphatic carbocycles. The summed E-state index contributed by atoms with van der Waals surface area (Å²) in [5.74, 6) is 1.88. The number of piperidine rings is 2. The number of aliphatic imine (C=N–C) groups is 1. The van der Waals surface area contributed by atoms with Crippen molar-refractivity contribution in [2.24, 2.45) is 10.9 Å². The van der Waals surface area contributed by atoms with Gasteiger partial charge in [-0.3, -0.25) is 9.98 Å². The van der Waals surface area contributed by atoms with E-state index in [0.29, 0.717) is 6.04 Å². The number of fused-ring (bicyclic) bond motifs is 2. The summed E-state index contributed by atoms with van der Waals surface area (Å²) < 4.78 is 0. The van der Waals surface area contributed by atoms with Gasteiger partial charge < -0.3 is 10.6 Å². The summed E-state index contributed by atoms with van der Waals surface area (Å²) >= 11 is 0. The molecule has 2 bridgehead atoms. The topological polar surface area (TPSA) is 49.3 Å². The number of nitrogens with one attached hydrogen (secondary N) is 2. The van der Waals surface area contributed by atoms with Crippen LogP contribution in [-0.2, 0) is 0 Å². The third-order valence-corrected chi connectivity index (χ3v) is 4.68. The Morgan fingerprint density at radius 2 is 2.11 bits per heavy atom. The van der Waals surface area contributed by atoms with Gasteiger partial charge in [-0.25, -0.2) is 0 Å². The van der Waals surface area contributed by atoms with Crippen LogP contribution in [0.2, 0.25) is 0 Å². The van der Waals surface area contributed by atoms with Crippen molar-refractivity contribution < 1.29 is 0 Å². The monoisotopic (exact) mass is 242 g/mol. The maximum atomic E-state index is 4.74. The second kappa shape index (κ2) is 3.79. The van der Waals surface area contributed by atoms with Crippen molar-refractivity contribution in [3.8, 4) is 0 Å². The summed E-state index contributed by atoms with van der Waals surface area (Å²) in [6, 6.07) is 4.64. The van der Waals surface area contributed by atoms with E-state index in [1.807, 2.05) is 24.5 Å². The fourth-order valence-corrected chi connectivity index (χ4v) is 3.74. The van der Waals surface area contributed by atoms with E-state index in [1.54, 1.807) is 0 Å². The largest absolute Gasteiger partial charge is 0.361 e. The van der Waals surface area contributed by atoms with Gasteiger partial charge in [-0.15, -0.1) is 0 Å². The smallest absolute Gasteiger partial charge is 0.129 e. The van der Waals surface area contributed by atoms with Crippen molar-refractivity contribution >= 4 is 5.84 Å². The van der Waals surface area contributed by atoms with Crippen LogP contribution < -0.4 is 10.6 Å². The highest BCUT2D eigenvalue weighted by atomic mass is 15.2. The van der Waals surface area contributed by atoms with Crippen LogP contribution in [0, 0.1) is 5.92 Å². The Balaban J connectivity index is 1.59. The lowest BCUT2D eigenvalue weighted by Crippen LogP contribution is -2.68. The molecule has 3 fully saturated rings. The van der Waals surface area contributed by atoms with Crippen LogP contribution in [-0.4, -0.2) is 35.5 Å². The Bertz CT molecular complexity index is 476. The average Bonchev–Trinajstić information content (AvgIpc) is 2.85. The number of hydrogen-bond donors (Lipinski definition) is 2. The molecule has 94 valence electrons. The predicted molar refractivity (Wildman–Crippen MR) is 70.6 cm³/mol. The van der Waals surface area contributed by atoms with Crippen LogP contribution in [0.3, 0.4) is 0 Å². The Kier molecular flexibility index (Phi) is 2.21. The molecule has 0 aromatic carbocycles. The minimum atomic E-state index is 0.180. The van der Waals surface area contributed by atoms with Crippen LogP contribution in [0.15, 0.2) is 29.5 Å². The molecule has 3 aliphatic heterocycles. The lowest BCUT2D eigenvalue weighted by molar-refractivity contribution is 0.105. The summed E-state index contributed by atoms with van der Waals surface area (Å²) in [5, 5.41) is 7.39. The highest BCUT2D eigenvalue weighted by Gasteiger charge is 2.49. The van der Waals surface area contributed by atoms with E-state index in [0.717, 1.165) is 23.9 Å². The van der Waals surface area contributed by atoms with Gasteiger partial charge in [0.05, 0.1) is 12.1 Å². The molecule has 4 aliphatic rings. The first-order valence-electron chi connectivity index (χ1n) is 6.82. The van der Waals surface area contributed by atoms with Gasteiger partial charge in [0.2, 0.25) is 0 Å². The summed E-state index contributed by atoms with van der Waals surface area (Å²) in [5.41, 5.74) is 1.34. The molecule has 3 unspecified atom stereocenters. The molecule has 1 saturated carbocycles. The number of aromatic nitrogens is 1. The second-order valence-electron chi connectivity index (χ2n) is 5.79. The molecule has 4 heterocycles. The third-order valence-electron chi connectivity index (χ3n) is 4.68. The van der Waals surface area contributed by atoms with E-state index in [9.17, 15) is 0 Å². The van der Waals surface area contributed by atoms with Gasteiger partial charge in [-0.1, -0.05) is 0 Å². The number of rotatable bonds is 1. The minimum Gasteiger partial charge on any atom is -0.361 e. The van der Waals surface area contributed by atoms with Gasteiger partial charge >= 0.3 is 0 Å². The SMILES string of the molecule is c1cc(C2=NCC3(CC4CCC3NC4)N2)ccn1. The molecular weight excluding hydrogens is 224 g/mol. The van der Waals surface area contributed by atoms with Crippen molar-refractivity contribution in [2.45, 2.75) is 30.8 Å². The molecule has 2 N–H and O–H groups in total. The highest BCUT2D eigenvalue weighted by Crippen LogP contribution is 2.38. The van der Waals surface area contributed by atoms with Gasteiger partial charge in [0.15, 0.2) is 0 Å². The van der Waals surface area contributed by atoms with E-state index < -0.39 is 0 Å². The molecule has 4 heteroatoms. The highest BCUT2D eigenvalue weighted by molar-refractivity contribution is 6.00. The van der Waals surface area contributed by atoms with Crippen molar-refractivity contribution in [2.75, 3.05) is 13.1 Å². The Morgan fingerprint density at radius 3 is 2.78 bits per heavy atom. The standard InChI is InChI=1S/C14H18N4/c1-2-12-14(7-10(1)8-16-12)9-17-13(18-14)11-3-5-15-6-4-11/h3-6,10,12,16H,1-2,7-9H2,(H,17,18). The molecule has 1 aromatic rings. The van der Waals surface area contributed by atoms with Gasteiger partial charge in [0.25, 0.3) is 0 Å². The Labute approximate surface area is 107 Å². The number of pyridine rings is 1. The van der Waals surface area contributed by atoms with E-state index in [4.69, 9.17) is 4.99 Å². The molecule has 18 heavy (non-hydrogen) atoms. The number of nitrogens with zero attached hydrogens (tertiary/aromatic N) is 2. The number of hydrogen-bond acceptors (Lipinski definition) is 4. The normalized spacial score (nSPS) is 37.7. The minimum absolute atomic E-state index is 0.180. The maximum absolute atomic E-state index is 4.74. The molecule has 1 spiro atoms. The first-order chi connectivity index (χ1) is 8.86. The van der Waals surface area contributed by atoms with E-state index in [-0.39, 0.29) is 5.54 Å². The van der Waals surface area contributed by atoms with Crippen LogP contribution in [0.25, 0.3) is 0 Å². The van der Waals surface area contributed by atoms with Crippen molar-refractivity contribution in [3.63, 3.8) is 0 Å². The van der Waals surface area contributed by atoms with E-state index in [2.05, 4.69) is 15.6 Å². The first kappa shape index (κ1) is 10.5. The van der Waals surface area contributed by atoms with Gasteiger partial charge in [-0.2, -0.15) is 0 Å². The maximum Gasteiger partial charge on any atom is 0.129 e. The molecule has 5 rings (SSSR count). The third kappa shape index (κ3) is 1.48. The average molecular weight is 242 g/mol. The molecule has 4 nitrogen and oxygen atoms in total. The van der Waals surface area contributed by atoms with E-state index >= 15 is 0 Å². The lowest BCUT2D eigenvalue weighted by Gasteiger charge is -2.50. The zero-order valence-corrected chi connectivity index (χ0v) is 10.4.